The molecule has 0 aliphatic heterocycles. The Morgan fingerprint density at radius 1 is 0.793 bits per heavy atom. The third kappa shape index (κ3) is 4.30. The molecule has 0 aliphatic carbocycles. The van der Waals surface area contributed by atoms with Gasteiger partial charge in [-0.25, -0.2) is 0 Å². The van der Waals surface area contributed by atoms with E-state index in [1.807, 2.05) is 78.9 Å². The molecule has 144 valence electrons. The minimum atomic E-state index is -0.218. The maximum absolute atomic E-state index is 13.0. The second kappa shape index (κ2) is 8.61. The minimum Gasteiger partial charge on any atom is -0.497 e. The molecule has 0 unspecified atom stereocenters. The number of benzene rings is 4. The zero-order chi connectivity index (χ0) is 20.1. The van der Waals surface area contributed by atoms with Gasteiger partial charge in [-0.15, -0.1) is 0 Å². The normalized spacial score (nSPS) is 11.8. The van der Waals surface area contributed by atoms with Crippen LogP contribution in [0.3, 0.4) is 0 Å². The SMILES string of the molecule is COc1ccc([C@H](NC(=O)Cc2cccc3ccccc23)c2ccccc2)cc1. The van der Waals surface area contributed by atoms with Crippen molar-refractivity contribution in [2.75, 3.05) is 7.11 Å². The van der Waals surface area contributed by atoms with Gasteiger partial charge in [0.25, 0.3) is 0 Å². The number of fused-ring (bicyclic) bond motifs is 1. The summed E-state index contributed by atoms with van der Waals surface area (Å²) in [7, 11) is 1.65. The first kappa shape index (κ1) is 18.8. The number of amides is 1. The molecule has 1 amide bonds. The third-order valence-corrected chi connectivity index (χ3v) is 5.12. The number of ether oxygens (including phenoxy) is 1. The quantitative estimate of drug-likeness (QED) is 0.492. The average molecular weight is 381 g/mol. The second-order valence-electron chi connectivity index (χ2n) is 7.00. The standard InChI is InChI=1S/C26H23NO2/c1-29-23-16-14-21(15-17-23)26(20-9-3-2-4-10-20)27-25(28)18-22-12-7-11-19-8-5-6-13-24(19)22/h2-17,26H,18H2,1H3,(H,27,28)/t26-/m1/s1. The molecule has 0 saturated carbocycles. The number of carbonyl (C=O) groups is 1. The van der Waals surface area contributed by atoms with Crippen LogP contribution < -0.4 is 10.1 Å². The summed E-state index contributed by atoms with van der Waals surface area (Å²) < 4.78 is 5.27. The van der Waals surface area contributed by atoms with Crippen molar-refractivity contribution in [3.63, 3.8) is 0 Å². The molecule has 4 rings (SSSR count). The Kier molecular flexibility index (Phi) is 5.57. The first-order chi connectivity index (χ1) is 14.2. The van der Waals surface area contributed by atoms with Crippen LogP contribution in [0.5, 0.6) is 5.75 Å². The van der Waals surface area contributed by atoms with Crippen LogP contribution in [0.2, 0.25) is 0 Å². The van der Waals surface area contributed by atoms with Gasteiger partial charge in [-0.1, -0.05) is 84.9 Å². The van der Waals surface area contributed by atoms with Crippen molar-refractivity contribution in [1.29, 1.82) is 0 Å². The van der Waals surface area contributed by atoms with Crippen LogP contribution in [0.15, 0.2) is 97.1 Å². The number of methoxy groups -OCH3 is 1. The summed E-state index contributed by atoms with van der Waals surface area (Å²) in [6.45, 7) is 0. The molecule has 3 heteroatoms. The van der Waals surface area contributed by atoms with Crippen molar-refractivity contribution in [2.24, 2.45) is 0 Å². The monoisotopic (exact) mass is 381 g/mol. The third-order valence-electron chi connectivity index (χ3n) is 5.12. The summed E-state index contributed by atoms with van der Waals surface area (Å²) >= 11 is 0. The fourth-order valence-corrected chi connectivity index (χ4v) is 3.63. The summed E-state index contributed by atoms with van der Waals surface area (Å²) in [5.41, 5.74) is 3.09. The maximum atomic E-state index is 13.0. The van der Waals surface area contributed by atoms with Gasteiger partial charge in [-0.2, -0.15) is 0 Å². The van der Waals surface area contributed by atoms with E-state index in [4.69, 9.17) is 4.74 Å². The highest BCUT2D eigenvalue weighted by atomic mass is 16.5. The molecular formula is C26H23NO2. The molecule has 0 heterocycles. The van der Waals surface area contributed by atoms with Gasteiger partial charge in [0, 0.05) is 0 Å². The van der Waals surface area contributed by atoms with E-state index >= 15 is 0 Å². The number of hydrogen-bond acceptors (Lipinski definition) is 2. The topological polar surface area (TPSA) is 38.3 Å². The van der Waals surface area contributed by atoms with Gasteiger partial charge in [0.1, 0.15) is 5.75 Å². The Morgan fingerprint density at radius 3 is 2.21 bits per heavy atom. The van der Waals surface area contributed by atoms with Gasteiger partial charge in [0.2, 0.25) is 5.91 Å². The molecule has 0 spiro atoms. The highest BCUT2D eigenvalue weighted by Crippen LogP contribution is 2.25. The lowest BCUT2D eigenvalue weighted by Gasteiger charge is -2.20. The van der Waals surface area contributed by atoms with Gasteiger partial charge >= 0.3 is 0 Å². The van der Waals surface area contributed by atoms with E-state index in [-0.39, 0.29) is 11.9 Å². The predicted molar refractivity (Wildman–Crippen MR) is 117 cm³/mol. The van der Waals surface area contributed by atoms with Gasteiger partial charge in [0.05, 0.1) is 19.6 Å². The van der Waals surface area contributed by atoms with E-state index in [0.29, 0.717) is 6.42 Å². The highest BCUT2D eigenvalue weighted by molar-refractivity contribution is 5.90. The fourth-order valence-electron chi connectivity index (χ4n) is 3.63. The van der Waals surface area contributed by atoms with E-state index in [2.05, 4.69) is 23.5 Å². The van der Waals surface area contributed by atoms with E-state index in [0.717, 1.165) is 33.2 Å². The van der Waals surface area contributed by atoms with Crippen molar-refractivity contribution < 1.29 is 9.53 Å². The molecule has 0 saturated heterocycles. The van der Waals surface area contributed by atoms with Gasteiger partial charge in [-0.3, -0.25) is 4.79 Å². The van der Waals surface area contributed by atoms with Gasteiger partial charge in [0.15, 0.2) is 0 Å². The van der Waals surface area contributed by atoms with Gasteiger partial charge < -0.3 is 10.1 Å². The lowest BCUT2D eigenvalue weighted by molar-refractivity contribution is -0.120. The molecule has 3 nitrogen and oxygen atoms in total. The van der Waals surface area contributed by atoms with Crippen LogP contribution in [0.1, 0.15) is 22.7 Å². The molecule has 4 aromatic rings. The van der Waals surface area contributed by atoms with Crippen molar-refractivity contribution in [2.45, 2.75) is 12.5 Å². The average Bonchev–Trinajstić information content (AvgIpc) is 2.78. The Balaban J connectivity index is 1.60. The van der Waals surface area contributed by atoms with Crippen LogP contribution in [0, 0.1) is 0 Å². The summed E-state index contributed by atoms with van der Waals surface area (Å²) in [4.78, 5) is 13.0. The lowest BCUT2D eigenvalue weighted by atomic mass is 9.97. The minimum absolute atomic E-state index is 0.00831. The fraction of sp³-hybridized carbons (Fsp3) is 0.115. The molecule has 0 aliphatic rings. The Hall–Kier alpha value is -3.59. The molecule has 29 heavy (non-hydrogen) atoms. The van der Waals surface area contributed by atoms with E-state index in [1.54, 1.807) is 7.11 Å². The molecule has 4 aromatic carbocycles. The zero-order valence-electron chi connectivity index (χ0n) is 16.3. The van der Waals surface area contributed by atoms with E-state index < -0.39 is 0 Å². The smallest absolute Gasteiger partial charge is 0.225 e. The zero-order valence-corrected chi connectivity index (χ0v) is 16.3. The lowest BCUT2D eigenvalue weighted by Crippen LogP contribution is -2.30. The van der Waals surface area contributed by atoms with Crippen LogP contribution in [0.4, 0.5) is 0 Å². The molecular weight excluding hydrogens is 358 g/mol. The molecule has 1 atom stereocenters. The molecule has 0 fully saturated rings. The summed E-state index contributed by atoms with van der Waals surface area (Å²) in [6.07, 6.45) is 0.334. The van der Waals surface area contributed by atoms with Crippen LogP contribution in [-0.4, -0.2) is 13.0 Å². The molecule has 1 N–H and O–H groups in total. The van der Waals surface area contributed by atoms with Crippen molar-refractivity contribution in [3.8, 4) is 5.75 Å². The Morgan fingerprint density at radius 2 is 1.45 bits per heavy atom. The van der Waals surface area contributed by atoms with Crippen LogP contribution >= 0.6 is 0 Å². The van der Waals surface area contributed by atoms with Crippen LogP contribution in [-0.2, 0) is 11.2 Å². The Bertz CT molecular complexity index is 1100. The van der Waals surface area contributed by atoms with E-state index in [1.165, 1.54) is 0 Å². The number of hydrogen-bond donors (Lipinski definition) is 1. The largest absolute Gasteiger partial charge is 0.497 e. The summed E-state index contributed by atoms with van der Waals surface area (Å²) in [5, 5.41) is 5.48. The van der Waals surface area contributed by atoms with Crippen molar-refractivity contribution in [3.05, 3.63) is 114 Å². The number of carbonyl (C=O) groups excluding carboxylic acids is 1. The van der Waals surface area contributed by atoms with Crippen molar-refractivity contribution in [1.82, 2.24) is 5.32 Å². The summed E-state index contributed by atoms with van der Waals surface area (Å²) in [6, 6.07) is 31.9. The number of nitrogens with one attached hydrogen (secondary N) is 1. The molecule has 0 bridgehead atoms. The first-order valence-electron chi connectivity index (χ1n) is 9.69. The number of rotatable bonds is 6. The maximum Gasteiger partial charge on any atom is 0.225 e. The highest BCUT2D eigenvalue weighted by Gasteiger charge is 2.17. The van der Waals surface area contributed by atoms with Gasteiger partial charge in [-0.05, 0) is 39.6 Å². The second-order valence-corrected chi connectivity index (χ2v) is 7.00. The van der Waals surface area contributed by atoms with Crippen molar-refractivity contribution >= 4 is 16.7 Å². The Labute approximate surface area is 171 Å². The molecule has 0 radical (unpaired) electrons. The van der Waals surface area contributed by atoms with E-state index in [9.17, 15) is 4.79 Å². The molecule has 0 aromatic heterocycles. The summed E-state index contributed by atoms with van der Waals surface area (Å²) in [5.74, 6) is 0.786. The van der Waals surface area contributed by atoms with Crippen LogP contribution in [0.25, 0.3) is 10.8 Å². The predicted octanol–water partition coefficient (Wildman–Crippen LogP) is 5.30. The first-order valence-corrected chi connectivity index (χ1v) is 9.69.